The maximum absolute atomic E-state index is 9.33. The van der Waals surface area contributed by atoms with Crippen LogP contribution in [0.3, 0.4) is 0 Å². The van der Waals surface area contributed by atoms with Gasteiger partial charge in [0.1, 0.15) is 5.82 Å². The molecule has 0 unspecified atom stereocenters. The fourth-order valence-corrected chi connectivity index (χ4v) is 3.06. The molecule has 1 saturated heterocycles. The number of pyridine rings is 1. The Bertz CT molecular complexity index is 662. The van der Waals surface area contributed by atoms with Gasteiger partial charge in [0.25, 0.3) is 0 Å². The first-order chi connectivity index (χ1) is 9.72. The topological polar surface area (TPSA) is 40.7 Å². The largest absolute Gasteiger partial charge is 0.381 e. The number of ether oxygens (including phenoxy) is 1. The molecule has 0 atom stereocenters. The van der Waals surface area contributed by atoms with Crippen LogP contribution < -0.4 is 4.90 Å². The molecule has 0 bridgehead atoms. The van der Waals surface area contributed by atoms with Crippen LogP contribution in [-0.2, 0) is 4.74 Å². The lowest BCUT2D eigenvalue weighted by molar-refractivity contribution is 0.0853. The number of rotatable bonds is 2. The molecule has 0 radical (unpaired) electrons. The van der Waals surface area contributed by atoms with Gasteiger partial charge in [-0.05, 0) is 38.0 Å². The van der Waals surface area contributed by atoms with E-state index in [2.05, 4.69) is 28.6 Å². The van der Waals surface area contributed by atoms with Crippen LogP contribution in [0.25, 0.3) is 5.52 Å². The van der Waals surface area contributed by atoms with Gasteiger partial charge in [-0.15, -0.1) is 0 Å². The minimum atomic E-state index is 0.474. The molecule has 20 heavy (non-hydrogen) atoms. The number of hydrogen-bond acceptors (Lipinski definition) is 3. The summed E-state index contributed by atoms with van der Waals surface area (Å²) in [7, 11) is 2.12. The molecule has 104 valence electrons. The Kier molecular flexibility index (Phi) is 3.37. The van der Waals surface area contributed by atoms with Crippen LogP contribution in [0.2, 0.25) is 0 Å². The molecule has 0 aliphatic carbocycles. The Labute approximate surface area is 119 Å². The zero-order valence-electron chi connectivity index (χ0n) is 12.0. The van der Waals surface area contributed by atoms with Crippen molar-refractivity contribution in [3.63, 3.8) is 0 Å². The summed E-state index contributed by atoms with van der Waals surface area (Å²) in [6.45, 7) is 3.67. The van der Waals surface area contributed by atoms with Gasteiger partial charge in [-0.1, -0.05) is 0 Å². The summed E-state index contributed by atoms with van der Waals surface area (Å²) >= 11 is 0. The number of nitrogens with zero attached hydrogens (tertiary/aromatic N) is 3. The van der Waals surface area contributed by atoms with E-state index in [-0.39, 0.29) is 0 Å². The van der Waals surface area contributed by atoms with E-state index in [1.807, 2.05) is 25.1 Å². The molecule has 2 aromatic heterocycles. The molecule has 1 aliphatic rings. The number of anilines is 1. The van der Waals surface area contributed by atoms with E-state index >= 15 is 0 Å². The minimum absolute atomic E-state index is 0.474. The van der Waals surface area contributed by atoms with Crippen molar-refractivity contribution < 1.29 is 4.74 Å². The maximum atomic E-state index is 9.33. The van der Waals surface area contributed by atoms with Crippen LogP contribution in [0.1, 0.15) is 24.0 Å². The van der Waals surface area contributed by atoms with E-state index < -0.39 is 0 Å². The van der Waals surface area contributed by atoms with Crippen molar-refractivity contribution in [3.05, 3.63) is 35.5 Å². The Morgan fingerprint density at radius 2 is 2.15 bits per heavy atom. The first-order valence-electron chi connectivity index (χ1n) is 7.03. The Hall–Kier alpha value is -1.99. The molecule has 4 nitrogen and oxygen atoms in total. The van der Waals surface area contributed by atoms with E-state index in [9.17, 15) is 5.26 Å². The molecule has 0 spiro atoms. The average molecular weight is 269 g/mol. The molecule has 0 saturated carbocycles. The molecular formula is C16H19N3O. The van der Waals surface area contributed by atoms with Gasteiger partial charge in [0.2, 0.25) is 0 Å². The van der Waals surface area contributed by atoms with Gasteiger partial charge in [-0.25, -0.2) is 0 Å². The van der Waals surface area contributed by atoms with Crippen molar-refractivity contribution in [2.75, 3.05) is 25.2 Å². The first-order valence-corrected chi connectivity index (χ1v) is 7.03. The van der Waals surface area contributed by atoms with Gasteiger partial charge >= 0.3 is 0 Å². The predicted octanol–water partition coefficient (Wildman–Crippen LogP) is 2.73. The van der Waals surface area contributed by atoms with Crippen molar-refractivity contribution >= 4 is 11.3 Å². The summed E-state index contributed by atoms with van der Waals surface area (Å²) in [6.07, 6.45) is 4.14. The van der Waals surface area contributed by atoms with Gasteiger partial charge in [-0.3, -0.25) is 0 Å². The van der Waals surface area contributed by atoms with Crippen molar-refractivity contribution in [1.29, 1.82) is 5.26 Å². The molecule has 1 fully saturated rings. The lowest BCUT2D eigenvalue weighted by Crippen LogP contribution is -2.38. The number of hydrogen-bond donors (Lipinski definition) is 0. The number of fused-ring (bicyclic) bond motifs is 1. The van der Waals surface area contributed by atoms with Gasteiger partial charge in [0, 0.05) is 43.6 Å². The monoisotopic (exact) mass is 269 g/mol. The second-order valence-corrected chi connectivity index (χ2v) is 5.38. The zero-order valence-corrected chi connectivity index (χ0v) is 12.0. The molecule has 2 aromatic rings. The third kappa shape index (κ3) is 2.04. The molecule has 0 N–H and O–H groups in total. The second-order valence-electron chi connectivity index (χ2n) is 5.38. The summed E-state index contributed by atoms with van der Waals surface area (Å²) in [5.74, 6) is 1.12. The highest BCUT2D eigenvalue weighted by Gasteiger charge is 2.22. The third-order valence-electron chi connectivity index (χ3n) is 4.23. The van der Waals surface area contributed by atoms with E-state index in [1.165, 1.54) is 0 Å². The normalized spacial score (nSPS) is 16.2. The number of nitriles is 1. The predicted molar refractivity (Wildman–Crippen MR) is 79.1 cm³/mol. The summed E-state index contributed by atoms with van der Waals surface area (Å²) < 4.78 is 7.62. The maximum Gasteiger partial charge on any atom is 0.117 e. The van der Waals surface area contributed by atoms with E-state index in [0.29, 0.717) is 6.04 Å². The minimum Gasteiger partial charge on any atom is -0.381 e. The zero-order chi connectivity index (χ0) is 14.1. The molecule has 3 rings (SSSR count). The van der Waals surface area contributed by atoms with Gasteiger partial charge in [-0.2, -0.15) is 5.26 Å². The Balaban J connectivity index is 2.11. The van der Waals surface area contributed by atoms with Crippen LogP contribution in [0.4, 0.5) is 5.82 Å². The van der Waals surface area contributed by atoms with Crippen molar-refractivity contribution in [3.8, 4) is 6.07 Å². The van der Waals surface area contributed by atoms with Crippen LogP contribution in [-0.4, -0.2) is 30.7 Å². The van der Waals surface area contributed by atoms with Crippen LogP contribution >= 0.6 is 0 Å². The SMILES string of the molecule is Cc1c(C#N)cc2cccn2c1N(C)C1CCOCC1. The summed E-state index contributed by atoms with van der Waals surface area (Å²) in [5.41, 5.74) is 2.87. The molecule has 0 amide bonds. The number of aromatic nitrogens is 1. The summed E-state index contributed by atoms with van der Waals surface area (Å²) in [5, 5.41) is 9.33. The molecule has 4 heteroatoms. The van der Waals surface area contributed by atoms with Crippen LogP contribution in [0, 0.1) is 18.3 Å². The van der Waals surface area contributed by atoms with E-state index in [1.54, 1.807) is 0 Å². The van der Waals surface area contributed by atoms with Gasteiger partial charge in [0.05, 0.1) is 11.6 Å². The highest BCUT2D eigenvalue weighted by atomic mass is 16.5. The highest BCUT2D eigenvalue weighted by Crippen LogP contribution is 2.28. The van der Waals surface area contributed by atoms with Crippen molar-refractivity contribution in [1.82, 2.24) is 4.40 Å². The molecule has 3 heterocycles. The van der Waals surface area contributed by atoms with Gasteiger partial charge in [0.15, 0.2) is 0 Å². The molecule has 0 aromatic carbocycles. The second kappa shape index (κ2) is 5.18. The Morgan fingerprint density at radius 1 is 1.40 bits per heavy atom. The Morgan fingerprint density at radius 3 is 2.85 bits per heavy atom. The molecule has 1 aliphatic heterocycles. The molecular weight excluding hydrogens is 250 g/mol. The lowest BCUT2D eigenvalue weighted by Gasteiger charge is -2.34. The fourth-order valence-electron chi connectivity index (χ4n) is 3.06. The summed E-state index contributed by atoms with van der Waals surface area (Å²) in [6, 6.07) is 8.81. The van der Waals surface area contributed by atoms with Crippen molar-refractivity contribution in [2.45, 2.75) is 25.8 Å². The van der Waals surface area contributed by atoms with E-state index in [4.69, 9.17) is 4.74 Å². The third-order valence-corrected chi connectivity index (χ3v) is 4.23. The van der Waals surface area contributed by atoms with Gasteiger partial charge < -0.3 is 14.0 Å². The highest BCUT2D eigenvalue weighted by molar-refractivity contribution is 5.66. The van der Waals surface area contributed by atoms with Crippen LogP contribution in [0.15, 0.2) is 24.4 Å². The average Bonchev–Trinajstić information content (AvgIpc) is 2.94. The first kappa shape index (κ1) is 13.0. The quantitative estimate of drug-likeness (QED) is 0.841. The lowest BCUT2D eigenvalue weighted by atomic mass is 10.1. The standard InChI is InChI=1S/C16H19N3O/c1-12-13(11-17)10-15-4-3-7-19(15)16(12)18(2)14-5-8-20-9-6-14/h3-4,7,10,14H,5-6,8-9H2,1-2H3. The fraction of sp³-hybridized carbons (Fsp3) is 0.438. The van der Waals surface area contributed by atoms with E-state index in [0.717, 1.165) is 48.5 Å². The van der Waals surface area contributed by atoms with Crippen LogP contribution in [0.5, 0.6) is 0 Å². The summed E-state index contributed by atoms with van der Waals surface area (Å²) in [4.78, 5) is 2.31. The smallest absolute Gasteiger partial charge is 0.117 e. The van der Waals surface area contributed by atoms with Crippen molar-refractivity contribution in [2.24, 2.45) is 0 Å².